The Morgan fingerprint density at radius 1 is 1.14 bits per heavy atom. The smallest absolute Gasteiger partial charge is 0.759 e. The van der Waals surface area contributed by atoms with Gasteiger partial charge in [0.2, 0.25) is 0 Å². The predicted molar refractivity (Wildman–Crippen MR) is 27.3 cm³/mol. The number of rotatable bonds is 0. The Kier molecular flexibility index (Phi) is 13.4. The van der Waals surface area contributed by atoms with Gasteiger partial charge in [0.25, 0.3) is 0 Å². The summed E-state index contributed by atoms with van der Waals surface area (Å²) < 4.78 is 34.1. The van der Waals surface area contributed by atoms with Crippen LogP contribution in [-0.4, -0.2) is 63.0 Å². The van der Waals surface area contributed by atoms with Gasteiger partial charge in [-0.25, -0.2) is 0 Å². The molecule has 0 spiro atoms. The van der Waals surface area contributed by atoms with Crippen molar-refractivity contribution in [1.82, 2.24) is 0 Å². The van der Waals surface area contributed by atoms with Gasteiger partial charge in [0.15, 0.2) is 0 Å². The second kappa shape index (κ2) is 5.91. The first-order valence-electron chi connectivity index (χ1n) is 0.667. The van der Waals surface area contributed by atoms with E-state index in [2.05, 4.69) is 0 Å². The molecule has 0 bridgehead atoms. The minimum absolute atomic E-state index is 0. The molecule has 0 saturated carbocycles. The van der Waals surface area contributed by atoms with E-state index in [1.165, 1.54) is 0 Å². The minimum Gasteiger partial charge on any atom is -0.759 e. The van der Waals surface area contributed by atoms with E-state index >= 15 is 0 Å². The molecule has 0 amide bonds. The second-order valence-electron chi connectivity index (χ2n) is 0.408. The van der Waals surface area contributed by atoms with Gasteiger partial charge in [-0.15, -0.1) is 0 Å². The van der Waals surface area contributed by atoms with Crippen molar-refractivity contribution in [2.24, 2.45) is 0 Å². The van der Waals surface area contributed by atoms with Crippen LogP contribution in [0.2, 0.25) is 0 Å². The fourth-order valence-corrected chi connectivity index (χ4v) is 0. The van der Waals surface area contributed by atoms with E-state index < -0.39 is 10.4 Å². The first-order valence-corrected chi connectivity index (χ1v) is 2.00. The first-order chi connectivity index (χ1) is 2.00. The van der Waals surface area contributed by atoms with E-state index in [9.17, 15) is 0 Å². The molecule has 0 N–H and O–H groups in total. The van der Waals surface area contributed by atoms with Crippen molar-refractivity contribution in [3.05, 3.63) is 0 Å². The second-order valence-corrected chi connectivity index (χ2v) is 1.22. The third-order valence-electron chi connectivity index (χ3n) is 0. The van der Waals surface area contributed by atoms with Crippen molar-refractivity contribution in [2.45, 2.75) is 0 Å². The summed E-state index contributed by atoms with van der Waals surface area (Å²) in [5.41, 5.74) is 0. The van der Waals surface area contributed by atoms with Crippen LogP contribution in [0.4, 0.5) is 0 Å². The average Bonchev–Trinajstić information content (AvgIpc) is 0.722. The monoisotopic (exact) mass is 218 g/mol. The van der Waals surface area contributed by atoms with Crippen molar-refractivity contribution in [3.63, 3.8) is 0 Å². The summed E-state index contributed by atoms with van der Waals surface area (Å²) in [6.07, 6.45) is 0. The standard InChI is InChI=1S/H2O4S.H3P.Sr/c1-5(2,3)4;;/h(H2,1,2,3,4);1H3;/q;;+2/p-2. The van der Waals surface area contributed by atoms with Crippen LogP contribution in [0.3, 0.4) is 0 Å². The third-order valence-corrected chi connectivity index (χ3v) is 0. The summed E-state index contributed by atoms with van der Waals surface area (Å²) in [5, 5.41) is 0. The normalized spacial score (nSPS) is 8.29. The fourth-order valence-electron chi connectivity index (χ4n) is 0. The van der Waals surface area contributed by atoms with Crippen molar-refractivity contribution >= 4 is 65.8 Å². The van der Waals surface area contributed by atoms with Crippen molar-refractivity contribution in [3.8, 4) is 0 Å². The maximum Gasteiger partial charge on any atom is 2.00 e. The van der Waals surface area contributed by atoms with Gasteiger partial charge in [-0.2, -0.15) is 9.90 Å². The third kappa shape index (κ3) is 82.0. The van der Waals surface area contributed by atoms with Crippen LogP contribution in [0, 0.1) is 0 Å². The van der Waals surface area contributed by atoms with Crippen LogP contribution in [0.15, 0.2) is 0 Å². The summed E-state index contributed by atoms with van der Waals surface area (Å²) in [5.74, 6) is 0. The molecule has 1 unspecified atom stereocenters. The molecule has 4 nitrogen and oxygen atoms in total. The van der Waals surface area contributed by atoms with Crippen molar-refractivity contribution in [1.29, 1.82) is 0 Å². The molecule has 0 radical (unpaired) electrons. The maximum absolute atomic E-state index is 8.52. The Hall–Kier alpha value is 1.78. The van der Waals surface area contributed by atoms with Gasteiger partial charge < -0.3 is 9.11 Å². The SMILES string of the molecule is O=S(=O)([O-])[O-].P.[Sr+2]. The van der Waals surface area contributed by atoms with Gasteiger partial charge in [-0.05, 0) is 0 Å². The Morgan fingerprint density at radius 2 is 1.14 bits per heavy atom. The van der Waals surface area contributed by atoms with Crippen LogP contribution in [0.25, 0.3) is 0 Å². The zero-order valence-corrected chi connectivity index (χ0v) is 9.16. The zero-order valence-electron chi connectivity index (χ0n) is 3.46. The molecular weight excluding hydrogens is 215 g/mol. The van der Waals surface area contributed by atoms with Gasteiger partial charge in [-0.3, -0.25) is 8.42 Å². The average molecular weight is 218 g/mol. The molecule has 0 rings (SSSR count). The molecule has 0 aliphatic rings. The van der Waals surface area contributed by atoms with Crippen molar-refractivity contribution in [2.75, 3.05) is 0 Å². The minimum atomic E-state index is -5.17. The van der Waals surface area contributed by atoms with Gasteiger partial charge in [0.1, 0.15) is 0 Å². The van der Waals surface area contributed by atoms with Crippen molar-refractivity contribution < 1.29 is 17.5 Å². The van der Waals surface area contributed by atoms with Crippen LogP contribution in [0.5, 0.6) is 0 Å². The van der Waals surface area contributed by atoms with Crippen LogP contribution in [0.1, 0.15) is 0 Å². The molecule has 0 aromatic carbocycles. The topological polar surface area (TPSA) is 80.3 Å². The molecular formula is H3O4PSSr. The van der Waals surface area contributed by atoms with E-state index in [1.807, 2.05) is 0 Å². The predicted octanol–water partition coefficient (Wildman–Crippen LogP) is -1.66. The van der Waals surface area contributed by atoms with Gasteiger partial charge in [0.05, 0.1) is 0 Å². The van der Waals surface area contributed by atoms with E-state index in [0.717, 1.165) is 0 Å². The zero-order chi connectivity index (χ0) is 4.50. The van der Waals surface area contributed by atoms with E-state index in [-0.39, 0.29) is 55.4 Å². The Morgan fingerprint density at radius 3 is 1.14 bits per heavy atom. The van der Waals surface area contributed by atoms with Crippen LogP contribution < -0.4 is 0 Å². The van der Waals surface area contributed by atoms with Gasteiger partial charge in [-0.1, -0.05) is 0 Å². The summed E-state index contributed by atoms with van der Waals surface area (Å²) in [6.45, 7) is 0. The van der Waals surface area contributed by atoms with Crippen LogP contribution in [-0.2, 0) is 10.4 Å². The van der Waals surface area contributed by atoms with E-state index in [4.69, 9.17) is 17.5 Å². The molecule has 0 saturated heterocycles. The summed E-state index contributed by atoms with van der Waals surface area (Å²) in [4.78, 5) is 0. The molecule has 0 aromatic rings. The van der Waals surface area contributed by atoms with Gasteiger partial charge >= 0.3 is 45.5 Å². The molecule has 0 fully saturated rings. The van der Waals surface area contributed by atoms with E-state index in [1.54, 1.807) is 0 Å². The molecule has 0 aliphatic carbocycles. The molecule has 40 valence electrons. The van der Waals surface area contributed by atoms with Gasteiger partial charge in [0, 0.05) is 10.4 Å². The molecule has 0 aliphatic heterocycles. The number of hydrogen-bond acceptors (Lipinski definition) is 4. The Bertz CT molecular complexity index is 94.9. The summed E-state index contributed by atoms with van der Waals surface area (Å²) in [7, 11) is -5.17. The molecule has 1 atom stereocenters. The largest absolute Gasteiger partial charge is 2.00 e. The quantitative estimate of drug-likeness (QED) is 0.211. The fraction of sp³-hybridized carbons (Fsp3) is 0. The Labute approximate surface area is 82.1 Å². The molecule has 7 heteroatoms. The molecule has 0 heterocycles. The molecule has 7 heavy (non-hydrogen) atoms. The number of hydrogen-bond donors (Lipinski definition) is 0. The van der Waals surface area contributed by atoms with E-state index in [0.29, 0.717) is 0 Å². The first kappa shape index (κ1) is 15.9. The maximum atomic E-state index is 8.52. The Balaban J connectivity index is -0.0000000800. The summed E-state index contributed by atoms with van der Waals surface area (Å²) in [6, 6.07) is 0. The molecule has 0 aromatic heterocycles. The van der Waals surface area contributed by atoms with Crippen LogP contribution >= 0.6 is 9.90 Å². The summed E-state index contributed by atoms with van der Waals surface area (Å²) >= 11 is 0.